The second-order valence-corrected chi connectivity index (χ2v) is 15.4. The van der Waals surface area contributed by atoms with E-state index in [1.165, 1.54) is 9.80 Å². The van der Waals surface area contributed by atoms with Crippen LogP contribution in [0.5, 0.6) is 5.75 Å². The number of nitrogens with zero attached hydrogens (tertiary/aromatic N) is 2. The van der Waals surface area contributed by atoms with Crippen molar-refractivity contribution in [1.82, 2.24) is 0 Å². The molecule has 9 rings (SSSR count). The number of carbonyl (C=O) groups excluding carboxylic acids is 6. The van der Waals surface area contributed by atoms with E-state index in [0.29, 0.717) is 51.2 Å². The normalized spacial score (nSPS) is 23.6. The molecule has 9 heteroatoms. The first kappa shape index (κ1) is 36.6. The molecule has 9 nitrogen and oxygen atoms in total. The maximum Gasteiger partial charge on any atom is 0.238 e. The van der Waals surface area contributed by atoms with Crippen LogP contribution in [0, 0.1) is 29.6 Å². The highest BCUT2D eigenvalue weighted by molar-refractivity contribution is 6.24. The van der Waals surface area contributed by atoms with E-state index in [1.54, 1.807) is 121 Å². The zero-order valence-electron chi connectivity index (χ0n) is 31.4. The zero-order chi connectivity index (χ0) is 40.2. The van der Waals surface area contributed by atoms with Gasteiger partial charge in [0.2, 0.25) is 23.6 Å². The lowest BCUT2D eigenvalue weighted by Crippen LogP contribution is -2.43. The number of fused-ring (bicyclic) bond motifs is 4. The summed E-state index contributed by atoms with van der Waals surface area (Å²) < 4.78 is 0. The quantitative estimate of drug-likeness (QED) is 0.0929. The van der Waals surface area contributed by atoms with Gasteiger partial charge in [-0.2, -0.15) is 0 Å². The molecule has 2 aliphatic heterocycles. The van der Waals surface area contributed by atoms with Crippen LogP contribution < -0.4 is 9.80 Å². The predicted octanol–water partition coefficient (Wildman–Crippen LogP) is 7.63. The van der Waals surface area contributed by atoms with E-state index >= 15 is 0 Å². The summed E-state index contributed by atoms with van der Waals surface area (Å²) in [5, 5.41) is 11.7. The molecule has 58 heavy (non-hydrogen) atoms. The van der Waals surface area contributed by atoms with Gasteiger partial charge in [0.25, 0.3) is 0 Å². The topological polar surface area (TPSA) is 129 Å². The van der Waals surface area contributed by atoms with Gasteiger partial charge in [-0.3, -0.25) is 38.6 Å². The lowest BCUT2D eigenvalue weighted by molar-refractivity contribution is -0.126. The monoisotopic (exact) mass is 766 g/mol. The molecular weight excluding hydrogens is 729 g/mol. The van der Waals surface area contributed by atoms with Crippen LogP contribution in [0.3, 0.4) is 0 Å². The third kappa shape index (κ3) is 5.84. The number of hydrogen-bond acceptors (Lipinski definition) is 7. The first-order valence-corrected chi connectivity index (χ1v) is 19.4. The van der Waals surface area contributed by atoms with Gasteiger partial charge in [-0.1, -0.05) is 96.6 Å². The smallest absolute Gasteiger partial charge is 0.238 e. The minimum absolute atomic E-state index is 0.00195. The predicted molar refractivity (Wildman–Crippen MR) is 217 cm³/mol. The van der Waals surface area contributed by atoms with Gasteiger partial charge in [0.15, 0.2) is 11.6 Å². The second kappa shape index (κ2) is 14.5. The summed E-state index contributed by atoms with van der Waals surface area (Å²) in [4.78, 5) is 86.6. The Labute approximate surface area is 334 Å². The van der Waals surface area contributed by atoms with E-state index < -0.39 is 53.2 Å². The van der Waals surface area contributed by atoms with E-state index in [-0.39, 0.29) is 36.1 Å². The molecule has 0 unspecified atom stereocenters. The maximum atomic E-state index is 14.7. The number of imide groups is 2. The van der Waals surface area contributed by atoms with Crippen LogP contribution in [0.15, 0.2) is 152 Å². The number of rotatable bonds is 9. The molecule has 5 aromatic carbocycles. The van der Waals surface area contributed by atoms with Gasteiger partial charge in [0.05, 0.1) is 35.0 Å². The average Bonchev–Trinajstić information content (AvgIpc) is 3.67. The summed E-state index contributed by atoms with van der Waals surface area (Å²) in [6.45, 7) is 3.83. The highest BCUT2D eigenvalue weighted by Gasteiger charge is 2.62. The summed E-state index contributed by atoms with van der Waals surface area (Å²) in [5.74, 6) is -6.57. The molecule has 2 heterocycles. The number of hydrogen-bond donors (Lipinski definition) is 1. The Bertz CT molecular complexity index is 2560. The van der Waals surface area contributed by atoms with Crippen LogP contribution in [0.4, 0.5) is 11.4 Å². The van der Waals surface area contributed by atoms with Gasteiger partial charge in [0.1, 0.15) is 5.75 Å². The Balaban J connectivity index is 1.07. The minimum atomic E-state index is -0.889. The number of phenols is 1. The summed E-state index contributed by atoms with van der Waals surface area (Å²) in [7, 11) is 0. The fourth-order valence-corrected chi connectivity index (χ4v) is 9.66. The van der Waals surface area contributed by atoms with Crippen LogP contribution in [-0.2, 0) is 25.6 Å². The van der Waals surface area contributed by atoms with Crippen molar-refractivity contribution in [2.24, 2.45) is 29.6 Å². The molecule has 5 aromatic rings. The van der Waals surface area contributed by atoms with Crippen LogP contribution in [0.2, 0.25) is 0 Å². The summed E-state index contributed by atoms with van der Waals surface area (Å²) in [5.41, 5.74) is 4.37. The van der Waals surface area contributed by atoms with E-state index in [1.807, 2.05) is 18.2 Å². The summed E-state index contributed by atoms with van der Waals surface area (Å²) >= 11 is 0. The first-order chi connectivity index (χ1) is 28.2. The number of para-hydroxylation sites is 1. The molecule has 0 aromatic heterocycles. The molecular formula is C49H38N2O7. The van der Waals surface area contributed by atoms with E-state index in [9.17, 15) is 33.9 Å². The number of phenolic OH excluding ortho intramolecular Hbond substituents is 1. The number of aromatic hydroxyl groups is 1. The molecule has 1 N–H and O–H groups in total. The number of allylic oxidation sites excluding steroid dienone is 3. The zero-order valence-corrected chi connectivity index (χ0v) is 31.4. The Hall–Kier alpha value is -7.00. The van der Waals surface area contributed by atoms with Crippen LogP contribution in [0.25, 0.3) is 0 Å². The van der Waals surface area contributed by atoms with Gasteiger partial charge < -0.3 is 5.11 Å². The first-order valence-electron chi connectivity index (χ1n) is 19.4. The van der Waals surface area contributed by atoms with Crippen molar-refractivity contribution in [3.8, 4) is 5.75 Å². The Morgan fingerprint density at radius 3 is 1.62 bits per heavy atom. The molecule has 2 aliphatic carbocycles. The lowest BCUT2D eigenvalue weighted by Gasteiger charge is -2.44. The number of carbonyl (C=O) groups is 6. The van der Waals surface area contributed by atoms with E-state index in [4.69, 9.17) is 0 Å². The third-order valence-corrected chi connectivity index (χ3v) is 12.3. The highest BCUT2D eigenvalue weighted by atomic mass is 16.3. The lowest BCUT2D eigenvalue weighted by atomic mass is 9.57. The van der Waals surface area contributed by atoms with E-state index in [2.05, 4.69) is 6.58 Å². The molecule has 286 valence electrons. The van der Waals surface area contributed by atoms with Gasteiger partial charge in [-0.15, -0.1) is 6.58 Å². The van der Waals surface area contributed by atoms with Crippen molar-refractivity contribution >= 4 is 46.6 Å². The number of benzene rings is 5. The summed E-state index contributed by atoms with van der Waals surface area (Å²) in [6, 6.07) is 35.8. The highest BCUT2D eigenvalue weighted by Crippen LogP contribution is 2.59. The fourth-order valence-electron chi connectivity index (χ4n) is 9.66. The van der Waals surface area contributed by atoms with Crippen LogP contribution in [0.1, 0.15) is 61.7 Å². The van der Waals surface area contributed by atoms with Crippen LogP contribution in [-0.4, -0.2) is 40.3 Å². The Morgan fingerprint density at radius 1 is 0.586 bits per heavy atom. The van der Waals surface area contributed by atoms with Gasteiger partial charge >= 0.3 is 0 Å². The molecule has 0 spiro atoms. The van der Waals surface area contributed by atoms with Crippen molar-refractivity contribution in [2.75, 3.05) is 9.80 Å². The average molecular weight is 767 g/mol. The molecule has 0 radical (unpaired) electrons. The fraction of sp³-hybridized carbons (Fsp3) is 0.184. The Morgan fingerprint density at radius 2 is 1.09 bits per heavy atom. The van der Waals surface area contributed by atoms with Gasteiger partial charge in [-0.05, 0) is 79.3 Å². The molecule has 2 saturated heterocycles. The maximum absolute atomic E-state index is 14.7. The van der Waals surface area contributed by atoms with Crippen molar-refractivity contribution in [1.29, 1.82) is 0 Å². The third-order valence-electron chi connectivity index (χ3n) is 12.3. The van der Waals surface area contributed by atoms with Gasteiger partial charge in [-0.25, -0.2) is 0 Å². The molecule has 1 saturated carbocycles. The van der Waals surface area contributed by atoms with E-state index in [0.717, 1.165) is 5.57 Å². The minimum Gasteiger partial charge on any atom is -0.507 e. The SMILES string of the molecule is C=CCc1cccc([C@H]2C3=CC[C@@H]4C(=O)N(c5ccc(C(=O)c6ccccc6)cc5)C(=O)[C@@H]4[C@@H]3C[C@H]3C(=O)N(c4ccc(C(=O)c5ccccc5)cc4)C(=O)[C@@H]23)c1O. The number of anilines is 2. The van der Waals surface area contributed by atoms with Crippen molar-refractivity contribution < 1.29 is 33.9 Å². The van der Waals surface area contributed by atoms with Crippen molar-refractivity contribution in [2.45, 2.75) is 25.2 Å². The standard InChI is InChI=1S/C49H38N2O7/c1-2-10-28-15-9-16-36(45(28)54)40-35-25-26-37-41(48(57)50(46(37)55)33-21-17-31(18-22-33)43(52)29-11-5-3-6-12-29)38(35)27-39-42(40)49(58)51(47(39)56)34-23-19-32(20-24-34)44(53)30-13-7-4-8-14-30/h2-9,11-25,37-42,54H,1,10,26-27H2/t37-,38+,39+,40+,41-,42+/m0/s1. The van der Waals surface area contributed by atoms with Crippen molar-refractivity contribution in [3.05, 3.63) is 185 Å². The molecule has 0 bridgehead atoms. The molecule has 4 amide bonds. The largest absolute Gasteiger partial charge is 0.507 e. The molecule has 4 aliphatic rings. The van der Waals surface area contributed by atoms with Crippen LogP contribution >= 0.6 is 0 Å². The van der Waals surface area contributed by atoms with Crippen molar-refractivity contribution in [3.63, 3.8) is 0 Å². The molecule has 6 atom stereocenters. The second-order valence-electron chi connectivity index (χ2n) is 15.4. The summed E-state index contributed by atoms with van der Waals surface area (Å²) in [6.07, 6.45) is 4.39. The van der Waals surface area contributed by atoms with Gasteiger partial charge in [0, 0.05) is 33.7 Å². The Kier molecular flexibility index (Phi) is 9.15. The number of ketones is 2. The number of amides is 4. The molecule has 3 fully saturated rings.